The van der Waals surface area contributed by atoms with E-state index < -0.39 is 0 Å². The van der Waals surface area contributed by atoms with Crippen LogP contribution in [0.5, 0.6) is 0 Å². The molecule has 3 aromatic heterocycles. The van der Waals surface area contributed by atoms with Crippen molar-refractivity contribution in [2.45, 2.75) is 0 Å². The molecule has 0 amide bonds. The van der Waals surface area contributed by atoms with Gasteiger partial charge in [-0.05, 0) is 18.2 Å². The second-order valence-electron chi connectivity index (χ2n) is 2.72. The lowest BCUT2D eigenvalue weighted by Crippen LogP contribution is -1.82. The van der Waals surface area contributed by atoms with Crippen LogP contribution in [0, 0.1) is 0 Å². The normalized spacial score (nSPS) is 11.1. The van der Waals surface area contributed by atoms with Crippen LogP contribution < -0.4 is 0 Å². The first-order valence-corrected chi connectivity index (χ1v) is 4.76. The molecule has 0 unspecified atom stereocenters. The van der Waals surface area contributed by atoms with Gasteiger partial charge in [0.05, 0.1) is 5.51 Å². The van der Waals surface area contributed by atoms with Crippen LogP contribution in [0.1, 0.15) is 0 Å². The lowest BCUT2D eigenvalue weighted by atomic mass is 10.3. The van der Waals surface area contributed by atoms with Crippen LogP contribution in [0.25, 0.3) is 21.4 Å². The molecule has 0 saturated heterocycles. The van der Waals surface area contributed by atoms with Crippen LogP contribution in [-0.2, 0) is 0 Å². The molecule has 0 aliphatic rings. The Bertz CT molecular complexity index is 523. The lowest BCUT2D eigenvalue weighted by molar-refractivity contribution is 1.33. The Labute approximate surface area is 78.1 Å². The molecule has 0 N–H and O–H groups in total. The second kappa shape index (κ2) is 2.47. The Kier molecular flexibility index (Phi) is 1.31. The molecule has 0 aliphatic heterocycles. The van der Waals surface area contributed by atoms with E-state index in [-0.39, 0.29) is 0 Å². The van der Waals surface area contributed by atoms with Crippen molar-refractivity contribution >= 4 is 32.7 Å². The highest BCUT2D eigenvalue weighted by molar-refractivity contribution is 7.16. The molecule has 0 aromatic carbocycles. The zero-order valence-electron chi connectivity index (χ0n) is 6.64. The van der Waals surface area contributed by atoms with Gasteiger partial charge in [0.1, 0.15) is 10.3 Å². The van der Waals surface area contributed by atoms with Gasteiger partial charge >= 0.3 is 0 Å². The Morgan fingerprint density at radius 2 is 2.23 bits per heavy atom. The van der Waals surface area contributed by atoms with Gasteiger partial charge < -0.3 is 0 Å². The molecule has 0 atom stereocenters. The number of hydrogen-bond acceptors (Lipinski definition) is 4. The Balaban J connectivity index is 2.57. The monoisotopic (exact) mass is 187 g/mol. The Hall–Kier alpha value is -1.55. The quantitative estimate of drug-likeness (QED) is 0.541. The predicted molar refractivity (Wildman–Crippen MR) is 52.7 cm³/mol. The number of nitrogens with zero attached hydrogens (tertiary/aromatic N) is 3. The van der Waals surface area contributed by atoms with Crippen LogP contribution in [0.3, 0.4) is 0 Å². The van der Waals surface area contributed by atoms with Gasteiger partial charge in [0.25, 0.3) is 0 Å². The molecule has 3 nitrogen and oxygen atoms in total. The van der Waals surface area contributed by atoms with Crippen molar-refractivity contribution in [3.05, 3.63) is 29.9 Å². The minimum Gasteiger partial charge on any atom is -0.243 e. The van der Waals surface area contributed by atoms with Gasteiger partial charge in [-0.1, -0.05) is 0 Å². The fraction of sp³-hybridized carbons (Fsp3) is 0. The van der Waals surface area contributed by atoms with E-state index in [4.69, 9.17) is 0 Å². The van der Waals surface area contributed by atoms with Gasteiger partial charge in [-0.15, -0.1) is 11.3 Å². The maximum Gasteiger partial charge on any atom is 0.160 e. The predicted octanol–water partition coefficient (Wildman–Crippen LogP) is 2.24. The van der Waals surface area contributed by atoms with Crippen molar-refractivity contribution in [1.29, 1.82) is 0 Å². The number of rotatable bonds is 0. The summed E-state index contributed by atoms with van der Waals surface area (Å²) >= 11 is 1.54. The van der Waals surface area contributed by atoms with Crippen molar-refractivity contribution in [2.75, 3.05) is 0 Å². The Morgan fingerprint density at radius 1 is 1.23 bits per heavy atom. The summed E-state index contributed by atoms with van der Waals surface area (Å²) in [7, 11) is 0. The highest BCUT2D eigenvalue weighted by Crippen LogP contribution is 2.19. The summed E-state index contributed by atoms with van der Waals surface area (Å²) in [5.41, 5.74) is 3.54. The largest absolute Gasteiger partial charge is 0.243 e. The third kappa shape index (κ3) is 0.990. The Morgan fingerprint density at radius 3 is 3.23 bits per heavy atom. The molecule has 4 heteroatoms. The third-order valence-corrected chi connectivity index (χ3v) is 2.63. The third-order valence-electron chi connectivity index (χ3n) is 1.89. The maximum absolute atomic E-state index is 4.38. The second-order valence-corrected chi connectivity index (χ2v) is 3.55. The first kappa shape index (κ1) is 6.91. The summed E-state index contributed by atoms with van der Waals surface area (Å²) in [6.07, 6.45) is 1.75. The highest BCUT2D eigenvalue weighted by atomic mass is 32.1. The summed E-state index contributed by atoms with van der Waals surface area (Å²) in [4.78, 5) is 13.7. The molecule has 0 radical (unpaired) electrons. The first-order valence-electron chi connectivity index (χ1n) is 3.88. The van der Waals surface area contributed by atoms with Crippen LogP contribution in [0.4, 0.5) is 0 Å². The molecule has 13 heavy (non-hydrogen) atoms. The van der Waals surface area contributed by atoms with Crippen molar-refractivity contribution < 1.29 is 0 Å². The number of hydrogen-bond donors (Lipinski definition) is 0. The number of thiazole rings is 1. The summed E-state index contributed by atoms with van der Waals surface area (Å²) in [6, 6.07) is 5.91. The zero-order valence-corrected chi connectivity index (χ0v) is 7.45. The van der Waals surface area contributed by atoms with Crippen molar-refractivity contribution in [1.82, 2.24) is 15.0 Å². The van der Waals surface area contributed by atoms with E-state index in [1.807, 2.05) is 18.2 Å². The minimum atomic E-state index is 0.791. The summed E-state index contributed by atoms with van der Waals surface area (Å²) < 4.78 is 0. The van der Waals surface area contributed by atoms with Gasteiger partial charge in [-0.3, -0.25) is 0 Å². The number of pyridine rings is 2. The molecule has 0 spiro atoms. The van der Waals surface area contributed by atoms with Gasteiger partial charge in [0.15, 0.2) is 5.65 Å². The molecule has 0 fully saturated rings. The minimum absolute atomic E-state index is 0.791. The van der Waals surface area contributed by atoms with E-state index in [0.29, 0.717) is 0 Å². The molecular weight excluding hydrogens is 182 g/mol. The van der Waals surface area contributed by atoms with E-state index in [9.17, 15) is 0 Å². The number of aromatic nitrogens is 3. The lowest BCUT2D eigenvalue weighted by Gasteiger charge is -1.93. The van der Waals surface area contributed by atoms with Crippen LogP contribution in [0.15, 0.2) is 29.9 Å². The smallest absolute Gasteiger partial charge is 0.160 e. The molecular formula is C9H5N3S. The van der Waals surface area contributed by atoms with Crippen molar-refractivity contribution in [3.63, 3.8) is 0 Å². The van der Waals surface area contributed by atoms with Crippen LogP contribution >= 0.6 is 11.3 Å². The fourth-order valence-electron chi connectivity index (χ4n) is 1.29. The first-order chi connectivity index (χ1) is 6.43. The van der Waals surface area contributed by atoms with E-state index >= 15 is 0 Å². The van der Waals surface area contributed by atoms with Gasteiger partial charge in [-0.2, -0.15) is 0 Å². The van der Waals surface area contributed by atoms with Gasteiger partial charge in [0, 0.05) is 11.6 Å². The number of fused-ring (bicyclic) bond motifs is 2. The van der Waals surface area contributed by atoms with E-state index in [1.54, 1.807) is 11.7 Å². The highest BCUT2D eigenvalue weighted by Gasteiger charge is 2.00. The van der Waals surface area contributed by atoms with Gasteiger partial charge in [0.2, 0.25) is 0 Å². The fourth-order valence-corrected chi connectivity index (χ4v) is 1.93. The summed E-state index contributed by atoms with van der Waals surface area (Å²) in [5, 5.41) is 1.04. The average molecular weight is 187 g/mol. The van der Waals surface area contributed by atoms with Crippen LogP contribution in [0.2, 0.25) is 0 Å². The standard InChI is InChI=1S/C9H5N3S/c1-2-6-4-7-9(13-5-11-7)12-8(6)10-3-1/h1-5H. The molecule has 0 saturated carbocycles. The molecule has 62 valence electrons. The van der Waals surface area contributed by atoms with E-state index in [1.165, 1.54) is 11.3 Å². The molecule has 0 bridgehead atoms. The molecule has 3 rings (SSSR count). The van der Waals surface area contributed by atoms with E-state index in [2.05, 4.69) is 15.0 Å². The van der Waals surface area contributed by atoms with E-state index in [0.717, 1.165) is 21.4 Å². The summed E-state index contributed by atoms with van der Waals surface area (Å²) in [6.45, 7) is 0. The summed E-state index contributed by atoms with van der Waals surface area (Å²) in [5.74, 6) is 0. The average Bonchev–Trinajstić information content (AvgIpc) is 2.61. The van der Waals surface area contributed by atoms with Crippen molar-refractivity contribution in [3.8, 4) is 0 Å². The molecule has 3 aromatic rings. The maximum atomic E-state index is 4.38. The van der Waals surface area contributed by atoms with Gasteiger partial charge in [-0.25, -0.2) is 15.0 Å². The topological polar surface area (TPSA) is 38.7 Å². The zero-order chi connectivity index (χ0) is 8.67. The molecule has 3 heterocycles. The molecule has 0 aliphatic carbocycles. The SMILES string of the molecule is c1cnc2nc3scnc3cc2c1. The van der Waals surface area contributed by atoms with Crippen LogP contribution in [-0.4, -0.2) is 15.0 Å². The van der Waals surface area contributed by atoms with Crippen molar-refractivity contribution in [2.24, 2.45) is 0 Å².